The Hall–Kier alpha value is -2.77. The molecule has 5 nitrogen and oxygen atoms in total. The number of hydrogen-bond donors (Lipinski definition) is 1. The fourth-order valence-corrected chi connectivity index (χ4v) is 3.26. The van der Waals surface area contributed by atoms with Gasteiger partial charge in [0.2, 0.25) is 15.9 Å². The van der Waals surface area contributed by atoms with E-state index in [0.717, 1.165) is 17.7 Å². The molecule has 1 aromatic heterocycles. The van der Waals surface area contributed by atoms with Gasteiger partial charge in [0.1, 0.15) is 12.4 Å². The molecule has 0 atom stereocenters. The Morgan fingerprint density at radius 1 is 0.962 bits per heavy atom. The smallest absolute Gasteiger partial charge is 0.240 e. The van der Waals surface area contributed by atoms with E-state index in [-0.39, 0.29) is 11.4 Å². The molecule has 3 aromatic rings. The van der Waals surface area contributed by atoms with Crippen LogP contribution in [-0.2, 0) is 23.2 Å². The molecule has 0 spiro atoms. The lowest BCUT2D eigenvalue weighted by Crippen LogP contribution is -2.23. The van der Waals surface area contributed by atoms with Gasteiger partial charge in [0.25, 0.3) is 0 Å². The number of hydrogen-bond acceptors (Lipinski definition) is 4. The molecule has 134 valence electrons. The lowest BCUT2D eigenvalue weighted by molar-refractivity contribution is 0.293. The first-order chi connectivity index (χ1) is 12.5. The fraction of sp³-hybridized carbons (Fsp3) is 0.105. The van der Waals surface area contributed by atoms with E-state index in [0.29, 0.717) is 18.1 Å². The molecule has 0 unspecified atom stereocenters. The van der Waals surface area contributed by atoms with Gasteiger partial charge in [-0.1, -0.05) is 30.3 Å². The van der Waals surface area contributed by atoms with Crippen molar-refractivity contribution in [3.05, 3.63) is 89.9 Å². The Morgan fingerprint density at radius 3 is 2.42 bits per heavy atom. The van der Waals surface area contributed by atoms with Gasteiger partial charge in [-0.2, -0.15) is 0 Å². The van der Waals surface area contributed by atoms with Crippen LogP contribution < -0.4 is 9.46 Å². The lowest BCUT2D eigenvalue weighted by Gasteiger charge is -2.09. The Balaban J connectivity index is 1.62. The maximum atomic E-state index is 12.9. The van der Waals surface area contributed by atoms with Crippen molar-refractivity contribution >= 4 is 10.0 Å². The van der Waals surface area contributed by atoms with Crippen LogP contribution >= 0.6 is 0 Å². The second-order valence-corrected chi connectivity index (χ2v) is 7.32. The molecule has 7 heteroatoms. The third kappa shape index (κ3) is 4.87. The molecule has 3 rings (SSSR count). The average molecular weight is 372 g/mol. The molecule has 0 saturated heterocycles. The number of aromatic nitrogens is 1. The SMILES string of the molecule is O=S(=O)(NCc1ccnc(OCc2ccccc2)c1)c1ccc(F)cc1. The standard InChI is InChI=1S/C19H17FN2O3S/c20-17-6-8-18(9-7-17)26(23,24)22-13-16-10-11-21-19(12-16)25-14-15-4-2-1-3-5-15/h1-12,22H,13-14H2. The quantitative estimate of drug-likeness (QED) is 0.691. The molecule has 0 aliphatic heterocycles. The minimum atomic E-state index is -3.72. The van der Waals surface area contributed by atoms with Gasteiger partial charge >= 0.3 is 0 Å². The number of halogens is 1. The minimum absolute atomic E-state index is 0.00788. The zero-order valence-electron chi connectivity index (χ0n) is 13.8. The maximum Gasteiger partial charge on any atom is 0.240 e. The number of nitrogens with zero attached hydrogens (tertiary/aromatic N) is 1. The van der Waals surface area contributed by atoms with E-state index < -0.39 is 15.8 Å². The Morgan fingerprint density at radius 2 is 1.69 bits per heavy atom. The Kier molecular flexibility index (Phi) is 5.60. The molecule has 0 bridgehead atoms. The first kappa shape index (κ1) is 18.0. The van der Waals surface area contributed by atoms with Crippen LogP contribution in [0.15, 0.2) is 77.8 Å². The van der Waals surface area contributed by atoms with Crippen molar-refractivity contribution in [2.75, 3.05) is 0 Å². The molecular weight excluding hydrogens is 355 g/mol. The first-order valence-electron chi connectivity index (χ1n) is 7.90. The molecule has 0 aliphatic rings. The number of sulfonamides is 1. The minimum Gasteiger partial charge on any atom is -0.473 e. The number of rotatable bonds is 7. The highest BCUT2D eigenvalue weighted by atomic mass is 32.2. The summed E-state index contributed by atoms with van der Waals surface area (Å²) in [6, 6.07) is 17.7. The van der Waals surface area contributed by atoms with Gasteiger partial charge in [-0.05, 0) is 41.5 Å². The van der Waals surface area contributed by atoms with Crippen LogP contribution in [0.5, 0.6) is 5.88 Å². The number of nitrogens with one attached hydrogen (secondary N) is 1. The maximum absolute atomic E-state index is 12.9. The second kappa shape index (κ2) is 8.07. The van der Waals surface area contributed by atoms with Gasteiger partial charge in [0.05, 0.1) is 4.90 Å². The number of ether oxygens (including phenoxy) is 1. The highest BCUT2D eigenvalue weighted by Gasteiger charge is 2.13. The van der Waals surface area contributed by atoms with E-state index in [1.54, 1.807) is 18.3 Å². The van der Waals surface area contributed by atoms with Crippen LogP contribution in [-0.4, -0.2) is 13.4 Å². The van der Waals surface area contributed by atoms with Gasteiger partial charge in [-0.3, -0.25) is 0 Å². The molecule has 0 amide bonds. The highest BCUT2D eigenvalue weighted by Crippen LogP contribution is 2.14. The zero-order chi connectivity index (χ0) is 18.4. The molecule has 0 radical (unpaired) electrons. The largest absolute Gasteiger partial charge is 0.473 e. The monoisotopic (exact) mass is 372 g/mol. The number of benzene rings is 2. The second-order valence-electron chi connectivity index (χ2n) is 5.56. The van der Waals surface area contributed by atoms with Crippen molar-refractivity contribution in [1.29, 1.82) is 0 Å². The highest BCUT2D eigenvalue weighted by molar-refractivity contribution is 7.89. The van der Waals surface area contributed by atoms with E-state index >= 15 is 0 Å². The predicted octanol–water partition coefficient (Wildman–Crippen LogP) is 3.28. The predicted molar refractivity (Wildman–Crippen MR) is 95.4 cm³/mol. The van der Waals surface area contributed by atoms with Crippen molar-refractivity contribution in [1.82, 2.24) is 9.71 Å². The summed E-state index contributed by atoms with van der Waals surface area (Å²) >= 11 is 0. The van der Waals surface area contributed by atoms with Crippen molar-refractivity contribution in [3.63, 3.8) is 0 Å². The van der Waals surface area contributed by atoms with Crippen molar-refractivity contribution in [2.45, 2.75) is 18.0 Å². The van der Waals surface area contributed by atoms with Gasteiger partial charge in [0, 0.05) is 18.8 Å². The average Bonchev–Trinajstić information content (AvgIpc) is 2.66. The van der Waals surface area contributed by atoms with Crippen LogP contribution in [0.3, 0.4) is 0 Å². The fourth-order valence-electron chi connectivity index (χ4n) is 2.25. The van der Waals surface area contributed by atoms with Crippen LogP contribution in [0.1, 0.15) is 11.1 Å². The molecule has 1 N–H and O–H groups in total. The van der Waals surface area contributed by atoms with Gasteiger partial charge < -0.3 is 4.74 Å². The molecule has 0 aliphatic carbocycles. The van der Waals surface area contributed by atoms with Crippen LogP contribution in [0.25, 0.3) is 0 Å². The topological polar surface area (TPSA) is 68.3 Å². The molecule has 1 heterocycles. The normalized spacial score (nSPS) is 11.3. The van der Waals surface area contributed by atoms with Crippen molar-refractivity contribution in [2.24, 2.45) is 0 Å². The van der Waals surface area contributed by atoms with Gasteiger partial charge in [0.15, 0.2) is 0 Å². The summed E-state index contributed by atoms with van der Waals surface area (Å²) in [4.78, 5) is 4.13. The Bertz CT molecular complexity index is 962. The van der Waals surface area contributed by atoms with E-state index in [2.05, 4.69) is 9.71 Å². The summed E-state index contributed by atoms with van der Waals surface area (Å²) < 4.78 is 45.5. The summed E-state index contributed by atoms with van der Waals surface area (Å²) in [5.41, 5.74) is 1.71. The molecule has 0 fully saturated rings. The van der Waals surface area contributed by atoms with E-state index in [1.165, 1.54) is 12.1 Å². The third-order valence-corrected chi connectivity index (χ3v) is 5.04. The summed E-state index contributed by atoms with van der Waals surface area (Å²) in [5, 5.41) is 0. The van der Waals surface area contributed by atoms with Crippen LogP contribution in [0, 0.1) is 5.82 Å². The van der Waals surface area contributed by atoms with Crippen LogP contribution in [0.2, 0.25) is 0 Å². The molecule has 0 saturated carbocycles. The number of pyridine rings is 1. The summed E-state index contributed by atoms with van der Waals surface area (Å²) in [6.07, 6.45) is 1.56. The van der Waals surface area contributed by atoms with Crippen molar-refractivity contribution in [3.8, 4) is 5.88 Å². The lowest BCUT2D eigenvalue weighted by atomic mass is 10.2. The van der Waals surface area contributed by atoms with Gasteiger partial charge in [-0.25, -0.2) is 22.5 Å². The Labute approximate surface area is 151 Å². The van der Waals surface area contributed by atoms with E-state index in [9.17, 15) is 12.8 Å². The molecular formula is C19H17FN2O3S. The van der Waals surface area contributed by atoms with Crippen LogP contribution in [0.4, 0.5) is 4.39 Å². The molecule has 2 aromatic carbocycles. The van der Waals surface area contributed by atoms with E-state index in [4.69, 9.17) is 4.74 Å². The summed E-state index contributed by atoms with van der Waals surface area (Å²) in [6.45, 7) is 0.447. The third-order valence-electron chi connectivity index (χ3n) is 3.62. The summed E-state index contributed by atoms with van der Waals surface area (Å²) in [5.74, 6) is -0.0781. The first-order valence-corrected chi connectivity index (χ1v) is 9.38. The van der Waals surface area contributed by atoms with E-state index in [1.807, 2.05) is 30.3 Å². The summed E-state index contributed by atoms with van der Waals surface area (Å²) in [7, 11) is -3.72. The van der Waals surface area contributed by atoms with Gasteiger partial charge in [-0.15, -0.1) is 0 Å². The molecule has 26 heavy (non-hydrogen) atoms. The zero-order valence-corrected chi connectivity index (χ0v) is 14.6. The van der Waals surface area contributed by atoms with Crippen molar-refractivity contribution < 1.29 is 17.5 Å².